The number of morpholine rings is 1. The molecule has 0 radical (unpaired) electrons. The Kier molecular flexibility index (Phi) is 3.81. The van der Waals surface area contributed by atoms with Gasteiger partial charge in [0, 0.05) is 13.1 Å². The Morgan fingerprint density at radius 1 is 1.00 bits per heavy atom. The maximum Gasteiger partial charge on any atom is 0.148 e. The van der Waals surface area contributed by atoms with Crippen molar-refractivity contribution < 1.29 is 4.74 Å². The number of benzene rings is 2. The molecule has 0 spiro atoms. The largest absolute Gasteiger partial charge is 0.378 e. The topological polar surface area (TPSA) is 62.0 Å². The van der Waals surface area contributed by atoms with E-state index in [0.29, 0.717) is 5.56 Å². The maximum absolute atomic E-state index is 9.07. The summed E-state index contributed by atoms with van der Waals surface area (Å²) in [7, 11) is 0. The predicted molar refractivity (Wildman–Crippen MR) is 92.7 cm³/mol. The summed E-state index contributed by atoms with van der Waals surface area (Å²) in [4.78, 5) is 11.5. The Balaban J connectivity index is 1.74. The van der Waals surface area contributed by atoms with Gasteiger partial charge in [-0.3, -0.25) is 4.98 Å². The van der Waals surface area contributed by atoms with E-state index in [2.05, 4.69) is 16.0 Å². The molecule has 3 aromatic rings. The van der Waals surface area contributed by atoms with Gasteiger partial charge in [0.15, 0.2) is 0 Å². The number of ether oxygens (including phenoxy) is 1. The van der Waals surface area contributed by atoms with Crippen LogP contribution in [-0.2, 0) is 4.74 Å². The monoisotopic (exact) mass is 316 g/mol. The fourth-order valence-corrected chi connectivity index (χ4v) is 2.89. The van der Waals surface area contributed by atoms with Crippen molar-refractivity contribution in [2.45, 2.75) is 0 Å². The highest BCUT2D eigenvalue weighted by Crippen LogP contribution is 2.25. The second-order valence-corrected chi connectivity index (χ2v) is 5.72. The predicted octanol–water partition coefficient (Wildman–Crippen LogP) is 3.01. The van der Waals surface area contributed by atoms with Gasteiger partial charge in [-0.2, -0.15) is 5.26 Å². The van der Waals surface area contributed by atoms with Crippen molar-refractivity contribution in [3.8, 4) is 17.2 Å². The molecule has 1 saturated heterocycles. The van der Waals surface area contributed by atoms with Crippen molar-refractivity contribution >= 4 is 16.9 Å². The van der Waals surface area contributed by atoms with Crippen molar-refractivity contribution in [2.75, 3.05) is 31.2 Å². The SMILES string of the molecule is N#Cc1cccc(-c2ccc3ncc(N4CCOCC4)nc3c2)c1. The molecule has 1 aromatic heterocycles. The fraction of sp³-hybridized carbons (Fsp3) is 0.211. The molecule has 1 fully saturated rings. The molecule has 2 heterocycles. The van der Waals surface area contributed by atoms with Gasteiger partial charge in [-0.1, -0.05) is 18.2 Å². The van der Waals surface area contributed by atoms with E-state index >= 15 is 0 Å². The summed E-state index contributed by atoms with van der Waals surface area (Å²) in [6.45, 7) is 3.12. The minimum absolute atomic E-state index is 0.653. The first kappa shape index (κ1) is 14.6. The number of fused-ring (bicyclic) bond motifs is 1. The molecule has 118 valence electrons. The lowest BCUT2D eigenvalue weighted by molar-refractivity contribution is 0.122. The average Bonchev–Trinajstić information content (AvgIpc) is 2.68. The number of rotatable bonds is 2. The van der Waals surface area contributed by atoms with E-state index in [-0.39, 0.29) is 0 Å². The molecule has 5 heteroatoms. The minimum Gasteiger partial charge on any atom is -0.378 e. The summed E-state index contributed by atoms with van der Waals surface area (Å²) in [5, 5.41) is 9.07. The zero-order chi connectivity index (χ0) is 16.4. The Hall–Kier alpha value is -2.97. The van der Waals surface area contributed by atoms with Gasteiger partial charge in [-0.05, 0) is 35.4 Å². The summed E-state index contributed by atoms with van der Waals surface area (Å²) in [5.41, 5.74) is 4.43. The van der Waals surface area contributed by atoms with Crippen LogP contribution in [0.4, 0.5) is 5.82 Å². The van der Waals surface area contributed by atoms with E-state index in [1.807, 2.05) is 42.6 Å². The third-order valence-electron chi connectivity index (χ3n) is 4.19. The van der Waals surface area contributed by atoms with Gasteiger partial charge in [-0.25, -0.2) is 4.98 Å². The van der Waals surface area contributed by atoms with Gasteiger partial charge >= 0.3 is 0 Å². The molecule has 0 saturated carbocycles. The Morgan fingerprint density at radius 2 is 1.83 bits per heavy atom. The lowest BCUT2D eigenvalue weighted by atomic mass is 10.0. The van der Waals surface area contributed by atoms with Crippen LogP contribution in [0.5, 0.6) is 0 Å². The van der Waals surface area contributed by atoms with Crippen LogP contribution in [0.1, 0.15) is 5.56 Å². The van der Waals surface area contributed by atoms with Crippen molar-refractivity contribution in [1.82, 2.24) is 9.97 Å². The number of anilines is 1. The first-order chi connectivity index (χ1) is 11.8. The van der Waals surface area contributed by atoms with Crippen LogP contribution in [0.25, 0.3) is 22.2 Å². The van der Waals surface area contributed by atoms with E-state index in [4.69, 9.17) is 15.0 Å². The number of aromatic nitrogens is 2. The quantitative estimate of drug-likeness (QED) is 0.727. The van der Waals surface area contributed by atoms with E-state index in [1.165, 1.54) is 0 Å². The molecular weight excluding hydrogens is 300 g/mol. The molecule has 2 aromatic carbocycles. The van der Waals surface area contributed by atoms with Gasteiger partial charge in [0.2, 0.25) is 0 Å². The molecule has 0 unspecified atom stereocenters. The highest BCUT2D eigenvalue weighted by Gasteiger charge is 2.13. The van der Waals surface area contributed by atoms with Crippen LogP contribution in [-0.4, -0.2) is 36.3 Å². The second-order valence-electron chi connectivity index (χ2n) is 5.72. The molecule has 0 N–H and O–H groups in total. The van der Waals surface area contributed by atoms with Crippen LogP contribution in [0.3, 0.4) is 0 Å². The third-order valence-corrected chi connectivity index (χ3v) is 4.19. The molecule has 1 aliphatic rings. The Bertz CT molecular complexity index is 926. The van der Waals surface area contributed by atoms with Crippen LogP contribution in [0, 0.1) is 11.3 Å². The standard InChI is InChI=1S/C19H16N4O/c20-12-14-2-1-3-15(10-14)16-4-5-17-18(11-16)22-19(13-21-17)23-6-8-24-9-7-23/h1-5,10-11,13H,6-9H2. The second kappa shape index (κ2) is 6.26. The van der Waals surface area contributed by atoms with Crippen LogP contribution in [0.15, 0.2) is 48.7 Å². The van der Waals surface area contributed by atoms with Crippen LogP contribution < -0.4 is 4.90 Å². The van der Waals surface area contributed by atoms with Crippen LogP contribution >= 0.6 is 0 Å². The van der Waals surface area contributed by atoms with Gasteiger partial charge < -0.3 is 9.64 Å². The van der Waals surface area contributed by atoms with Crippen molar-refractivity contribution in [2.24, 2.45) is 0 Å². The van der Waals surface area contributed by atoms with E-state index in [0.717, 1.165) is 54.3 Å². The molecule has 24 heavy (non-hydrogen) atoms. The molecule has 5 nitrogen and oxygen atoms in total. The lowest BCUT2D eigenvalue weighted by Crippen LogP contribution is -2.36. The zero-order valence-electron chi connectivity index (χ0n) is 13.1. The number of hydrogen-bond donors (Lipinski definition) is 0. The highest BCUT2D eigenvalue weighted by atomic mass is 16.5. The Morgan fingerprint density at radius 3 is 2.67 bits per heavy atom. The van der Waals surface area contributed by atoms with E-state index in [9.17, 15) is 0 Å². The van der Waals surface area contributed by atoms with E-state index in [1.54, 1.807) is 6.07 Å². The van der Waals surface area contributed by atoms with Gasteiger partial charge in [0.25, 0.3) is 0 Å². The molecule has 1 aliphatic heterocycles. The highest BCUT2D eigenvalue weighted by molar-refractivity contribution is 5.82. The summed E-state index contributed by atoms with van der Waals surface area (Å²) < 4.78 is 5.39. The van der Waals surface area contributed by atoms with Gasteiger partial charge in [-0.15, -0.1) is 0 Å². The molecule has 0 aliphatic carbocycles. The Labute approximate surface area is 140 Å². The van der Waals surface area contributed by atoms with Crippen LogP contribution in [0.2, 0.25) is 0 Å². The van der Waals surface area contributed by atoms with E-state index < -0.39 is 0 Å². The summed E-state index contributed by atoms with van der Waals surface area (Å²) >= 11 is 0. The summed E-state index contributed by atoms with van der Waals surface area (Å²) in [6.07, 6.45) is 1.82. The van der Waals surface area contributed by atoms with Gasteiger partial charge in [0.1, 0.15) is 5.82 Å². The average molecular weight is 316 g/mol. The zero-order valence-corrected chi connectivity index (χ0v) is 13.1. The van der Waals surface area contributed by atoms with Gasteiger partial charge in [0.05, 0.1) is 42.1 Å². The van der Waals surface area contributed by atoms with Crippen molar-refractivity contribution in [3.05, 3.63) is 54.2 Å². The first-order valence-corrected chi connectivity index (χ1v) is 7.93. The number of nitrogens with zero attached hydrogens (tertiary/aromatic N) is 4. The van der Waals surface area contributed by atoms with Crippen molar-refractivity contribution in [3.63, 3.8) is 0 Å². The molecule has 4 rings (SSSR count). The summed E-state index contributed by atoms with van der Waals surface area (Å²) in [6, 6.07) is 15.8. The normalized spacial score (nSPS) is 14.5. The van der Waals surface area contributed by atoms with Crippen molar-refractivity contribution in [1.29, 1.82) is 5.26 Å². The molecule has 0 bridgehead atoms. The minimum atomic E-state index is 0.653. The summed E-state index contributed by atoms with van der Waals surface area (Å²) in [5.74, 6) is 0.883. The molecular formula is C19H16N4O. The molecule has 0 amide bonds. The maximum atomic E-state index is 9.07. The third kappa shape index (κ3) is 2.80. The smallest absolute Gasteiger partial charge is 0.148 e. The fourth-order valence-electron chi connectivity index (χ4n) is 2.89. The number of hydrogen-bond acceptors (Lipinski definition) is 5. The lowest BCUT2D eigenvalue weighted by Gasteiger charge is -2.27. The molecule has 0 atom stereocenters. The first-order valence-electron chi connectivity index (χ1n) is 7.93. The number of nitriles is 1.